The standard InChI is InChI=1S/C20H17ClN2O5/c21-15-8-12(9-16-18(15)28-7-3-6-27-16)10-22-17(24)11-23-19(25)13-4-1-2-5-14(13)20(23)26/h1-2,4-5,8-9H,3,6-7,10-11H2,(H,22,24). The summed E-state index contributed by atoms with van der Waals surface area (Å²) in [5.74, 6) is -0.337. The second-order valence-corrected chi connectivity index (χ2v) is 6.88. The number of benzene rings is 2. The van der Waals surface area contributed by atoms with Crippen LogP contribution in [0.15, 0.2) is 36.4 Å². The van der Waals surface area contributed by atoms with E-state index >= 15 is 0 Å². The first-order chi connectivity index (χ1) is 13.5. The highest BCUT2D eigenvalue weighted by molar-refractivity contribution is 6.32. The fourth-order valence-corrected chi connectivity index (χ4v) is 3.46. The predicted molar refractivity (Wildman–Crippen MR) is 101 cm³/mol. The molecule has 0 aromatic heterocycles. The molecule has 0 saturated heterocycles. The molecule has 7 nitrogen and oxygen atoms in total. The molecule has 2 aliphatic rings. The van der Waals surface area contributed by atoms with Crippen molar-refractivity contribution in [1.29, 1.82) is 0 Å². The monoisotopic (exact) mass is 400 g/mol. The summed E-state index contributed by atoms with van der Waals surface area (Å²) in [4.78, 5) is 37.9. The largest absolute Gasteiger partial charge is 0.489 e. The van der Waals surface area contributed by atoms with Crippen molar-refractivity contribution in [3.63, 3.8) is 0 Å². The molecule has 28 heavy (non-hydrogen) atoms. The van der Waals surface area contributed by atoms with Crippen molar-refractivity contribution in [3.05, 3.63) is 58.1 Å². The van der Waals surface area contributed by atoms with Crippen LogP contribution in [-0.2, 0) is 11.3 Å². The van der Waals surface area contributed by atoms with Crippen molar-refractivity contribution in [2.75, 3.05) is 19.8 Å². The summed E-state index contributed by atoms with van der Waals surface area (Å²) in [7, 11) is 0. The first-order valence-electron chi connectivity index (χ1n) is 8.84. The van der Waals surface area contributed by atoms with E-state index in [0.717, 1.165) is 16.9 Å². The lowest BCUT2D eigenvalue weighted by Crippen LogP contribution is -2.40. The molecule has 144 valence electrons. The lowest BCUT2D eigenvalue weighted by molar-refractivity contribution is -0.121. The Bertz CT molecular complexity index is 940. The molecule has 0 aliphatic carbocycles. The SMILES string of the molecule is O=C(CN1C(=O)c2ccccc2C1=O)NCc1cc(Cl)c2c(c1)OCCCO2. The van der Waals surface area contributed by atoms with Crippen LogP contribution in [0.2, 0.25) is 5.02 Å². The number of amides is 3. The average Bonchev–Trinajstić information content (AvgIpc) is 2.86. The summed E-state index contributed by atoms with van der Waals surface area (Å²) in [6.07, 6.45) is 0.761. The van der Waals surface area contributed by atoms with Gasteiger partial charge in [-0.2, -0.15) is 0 Å². The molecular formula is C20H17ClN2O5. The summed E-state index contributed by atoms with van der Waals surface area (Å²) in [6, 6.07) is 9.97. The summed E-state index contributed by atoms with van der Waals surface area (Å²) in [5.41, 5.74) is 1.36. The van der Waals surface area contributed by atoms with Crippen LogP contribution in [0, 0.1) is 0 Å². The topological polar surface area (TPSA) is 84.9 Å². The summed E-state index contributed by atoms with van der Waals surface area (Å²) in [6.45, 7) is 0.894. The predicted octanol–water partition coefficient (Wildman–Crippen LogP) is 2.41. The number of halogens is 1. The number of imide groups is 1. The van der Waals surface area contributed by atoms with E-state index in [-0.39, 0.29) is 13.1 Å². The van der Waals surface area contributed by atoms with E-state index in [0.29, 0.717) is 40.9 Å². The van der Waals surface area contributed by atoms with Crippen molar-refractivity contribution < 1.29 is 23.9 Å². The van der Waals surface area contributed by atoms with E-state index in [1.165, 1.54) is 0 Å². The van der Waals surface area contributed by atoms with Crippen LogP contribution in [0.1, 0.15) is 32.7 Å². The molecule has 8 heteroatoms. The molecule has 0 unspecified atom stereocenters. The van der Waals surface area contributed by atoms with Crippen molar-refractivity contribution >= 4 is 29.3 Å². The highest BCUT2D eigenvalue weighted by Crippen LogP contribution is 2.37. The first kappa shape index (κ1) is 18.3. The molecule has 2 heterocycles. The molecule has 4 rings (SSSR count). The number of nitrogens with one attached hydrogen (secondary N) is 1. The van der Waals surface area contributed by atoms with E-state index in [1.807, 2.05) is 0 Å². The highest BCUT2D eigenvalue weighted by atomic mass is 35.5. The maximum absolute atomic E-state index is 12.3. The van der Waals surface area contributed by atoms with Crippen LogP contribution in [-0.4, -0.2) is 42.4 Å². The molecule has 2 aromatic carbocycles. The van der Waals surface area contributed by atoms with Gasteiger partial charge in [-0.05, 0) is 29.8 Å². The van der Waals surface area contributed by atoms with Gasteiger partial charge >= 0.3 is 0 Å². The van der Waals surface area contributed by atoms with Crippen molar-refractivity contribution in [2.24, 2.45) is 0 Å². The summed E-state index contributed by atoms with van der Waals surface area (Å²) >= 11 is 6.25. The van der Waals surface area contributed by atoms with E-state index < -0.39 is 17.7 Å². The molecule has 0 atom stereocenters. The maximum Gasteiger partial charge on any atom is 0.262 e. The number of hydrogen-bond acceptors (Lipinski definition) is 5. The Balaban J connectivity index is 1.41. The van der Waals surface area contributed by atoms with Gasteiger partial charge in [-0.15, -0.1) is 0 Å². The van der Waals surface area contributed by atoms with E-state index in [9.17, 15) is 14.4 Å². The molecule has 0 fully saturated rings. The third kappa shape index (κ3) is 3.41. The quantitative estimate of drug-likeness (QED) is 0.797. The van der Waals surface area contributed by atoms with E-state index in [1.54, 1.807) is 36.4 Å². The Kier molecular flexibility index (Phi) is 4.92. The van der Waals surface area contributed by atoms with Crippen LogP contribution in [0.25, 0.3) is 0 Å². The first-order valence-corrected chi connectivity index (χ1v) is 9.22. The Morgan fingerprint density at radius 3 is 2.46 bits per heavy atom. The summed E-state index contributed by atoms with van der Waals surface area (Å²) < 4.78 is 11.2. The number of ether oxygens (including phenoxy) is 2. The van der Waals surface area contributed by atoms with Gasteiger partial charge in [0.1, 0.15) is 6.54 Å². The third-order valence-corrected chi connectivity index (χ3v) is 4.81. The second kappa shape index (κ2) is 7.52. The van der Waals surface area contributed by atoms with Gasteiger partial charge in [0.15, 0.2) is 11.5 Å². The van der Waals surface area contributed by atoms with Gasteiger partial charge in [-0.1, -0.05) is 23.7 Å². The third-order valence-electron chi connectivity index (χ3n) is 4.53. The molecule has 0 saturated carbocycles. The van der Waals surface area contributed by atoms with Gasteiger partial charge in [0.2, 0.25) is 5.91 Å². The van der Waals surface area contributed by atoms with Gasteiger partial charge in [-0.3, -0.25) is 19.3 Å². The molecule has 2 aromatic rings. The van der Waals surface area contributed by atoms with Crippen LogP contribution in [0.3, 0.4) is 0 Å². The summed E-state index contributed by atoms with van der Waals surface area (Å²) in [5, 5.41) is 3.11. The minimum atomic E-state index is -0.464. The number of fused-ring (bicyclic) bond motifs is 2. The van der Waals surface area contributed by atoms with Gasteiger partial charge in [-0.25, -0.2) is 0 Å². The zero-order valence-corrected chi connectivity index (χ0v) is 15.6. The maximum atomic E-state index is 12.3. The molecule has 2 aliphatic heterocycles. The smallest absolute Gasteiger partial charge is 0.262 e. The zero-order valence-electron chi connectivity index (χ0n) is 14.9. The molecule has 0 radical (unpaired) electrons. The molecule has 0 bridgehead atoms. The highest BCUT2D eigenvalue weighted by Gasteiger charge is 2.36. The van der Waals surface area contributed by atoms with E-state index in [2.05, 4.69) is 5.32 Å². The van der Waals surface area contributed by atoms with E-state index in [4.69, 9.17) is 21.1 Å². The number of carbonyl (C=O) groups is 3. The molecule has 0 spiro atoms. The number of nitrogens with zero attached hydrogens (tertiary/aromatic N) is 1. The van der Waals surface area contributed by atoms with Crippen LogP contribution < -0.4 is 14.8 Å². The minimum absolute atomic E-state index is 0.179. The fraction of sp³-hybridized carbons (Fsp3) is 0.250. The minimum Gasteiger partial charge on any atom is -0.489 e. The van der Waals surface area contributed by atoms with Crippen molar-refractivity contribution in [1.82, 2.24) is 10.2 Å². The molecule has 3 amide bonds. The Morgan fingerprint density at radius 2 is 1.75 bits per heavy atom. The Hall–Kier alpha value is -3.06. The zero-order chi connectivity index (χ0) is 19.7. The van der Waals surface area contributed by atoms with Crippen LogP contribution >= 0.6 is 11.6 Å². The average molecular weight is 401 g/mol. The van der Waals surface area contributed by atoms with Crippen molar-refractivity contribution in [3.8, 4) is 11.5 Å². The molecule has 1 N–H and O–H groups in total. The van der Waals surface area contributed by atoms with Crippen molar-refractivity contribution in [2.45, 2.75) is 13.0 Å². The lowest BCUT2D eigenvalue weighted by Gasteiger charge is -2.15. The Labute approximate surface area is 166 Å². The number of rotatable bonds is 4. The van der Waals surface area contributed by atoms with Gasteiger partial charge in [0.05, 0.1) is 29.4 Å². The number of carbonyl (C=O) groups excluding carboxylic acids is 3. The number of hydrogen-bond donors (Lipinski definition) is 1. The normalized spacial score (nSPS) is 15.2. The fourth-order valence-electron chi connectivity index (χ4n) is 3.17. The van der Waals surface area contributed by atoms with Crippen LogP contribution in [0.5, 0.6) is 11.5 Å². The van der Waals surface area contributed by atoms with Gasteiger partial charge < -0.3 is 14.8 Å². The van der Waals surface area contributed by atoms with Crippen LogP contribution in [0.4, 0.5) is 0 Å². The Morgan fingerprint density at radius 1 is 1.07 bits per heavy atom. The van der Waals surface area contributed by atoms with Gasteiger partial charge in [0, 0.05) is 13.0 Å². The van der Waals surface area contributed by atoms with Gasteiger partial charge in [0.25, 0.3) is 11.8 Å². The second-order valence-electron chi connectivity index (χ2n) is 6.47. The molecular weight excluding hydrogens is 384 g/mol. The lowest BCUT2D eigenvalue weighted by atomic mass is 10.1.